The summed E-state index contributed by atoms with van der Waals surface area (Å²) in [5.74, 6) is 2.90. The Morgan fingerprint density at radius 2 is 2.12 bits per heavy atom. The number of benzene rings is 2. The molecule has 4 rings (SSSR count). The van der Waals surface area contributed by atoms with Gasteiger partial charge in [0.1, 0.15) is 11.6 Å². The number of hydrogen-bond donors (Lipinski definition) is 1. The van der Waals surface area contributed by atoms with E-state index < -0.39 is 0 Å². The summed E-state index contributed by atoms with van der Waals surface area (Å²) < 4.78 is 5.62. The van der Waals surface area contributed by atoms with Crippen LogP contribution in [-0.2, 0) is 5.75 Å². The average molecular weight is 369 g/mol. The maximum Gasteiger partial charge on any atom is 0.138 e. The molecule has 0 spiro atoms. The molecule has 3 aromatic rings. The van der Waals surface area contributed by atoms with Crippen molar-refractivity contribution >= 4 is 39.7 Å². The Hall–Kier alpha value is -1.98. The van der Waals surface area contributed by atoms with Crippen LogP contribution in [0.3, 0.4) is 0 Å². The molecule has 0 saturated carbocycles. The van der Waals surface area contributed by atoms with Crippen LogP contribution in [0.5, 0.6) is 5.75 Å². The van der Waals surface area contributed by atoms with Gasteiger partial charge in [0.2, 0.25) is 0 Å². The monoisotopic (exact) mass is 368 g/mol. The molecule has 0 unspecified atom stereocenters. The molecule has 25 heavy (non-hydrogen) atoms. The number of hydrogen-bond acceptors (Lipinski definition) is 5. The molecule has 0 atom stereocenters. The van der Waals surface area contributed by atoms with Crippen molar-refractivity contribution in [1.82, 2.24) is 5.32 Å². The van der Waals surface area contributed by atoms with Gasteiger partial charge in [-0.05, 0) is 40.3 Å². The molecule has 0 saturated heterocycles. The molecule has 1 N–H and O–H groups in total. The normalized spacial score (nSPS) is 14.2. The molecule has 0 aliphatic carbocycles. The minimum atomic E-state index is 0.907. The third-order valence-corrected chi connectivity index (χ3v) is 6.42. The molecule has 2 aromatic carbocycles. The van der Waals surface area contributed by atoms with E-state index in [1.807, 2.05) is 11.8 Å². The van der Waals surface area contributed by atoms with Gasteiger partial charge in [-0.2, -0.15) is 0 Å². The highest BCUT2D eigenvalue weighted by atomic mass is 32.2. The van der Waals surface area contributed by atoms with E-state index in [1.54, 1.807) is 18.4 Å². The number of nitrogens with one attached hydrogen (secondary N) is 1. The van der Waals surface area contributed by atoms with Gasteiger partial charge in [0.05, 0.1) is 16.9 Å². The number of ether oxygens (including phenoxy) is 1. The molecular formula is C20H20N2OS2. The van der Waals surface area contributed by atoms with Crippen molar-refractivity contribution in [3.05, 3.63) is 58.3 Å². The van der Waals surface area contributed by atoms with E-state index in [0.29, 0.717) is 0 Å². The van der Waals surface area contributed by atoms with Crippen molar-refractivity contribution in [3.8, 4) is 5.75 Å². The second kappa shape index (κ2) is 7.50. The lowest BCUT2D eigenvalue weighted by Crippen LogP contribution is -2.30. The first-order valence-corrected chi connectivity index (χ1v) is 10.3. The molecule has 1 aliphatic rings. The lowest BCUT2D eigenvalue weighted by Gasteiger charge is -2.15. The Morgan fingerprint density at radius 1 is 1.20 bits per heavy atom. The number of methoxy groups -OCH3 is 1. The van der Waals surface area contributed by atoms with E-state index in [-0.39, 0.29) is 0 Å². The summed E-state index contributed by atoms with van der Waals surface area (Å²) in [4.78, 5) is 7.13. The predicted octanol–water partition coefficient (Wildman–Crippen LogP) is 4.94. The Labute approximate surface area is 156 Å². The van der Waals surface area contributed by atoms with Gasteiger partial charge in [-0.15, -0.1) is 23.1 Å². The standard InChI is InChI=1S/C20H20N2OS2/c1-23-17-8-7-14-5-2-3-6-16(14)19(17)25-13-15-9-12-24-18(15)20-21-10-4-11-22-20/h2-3,5-9,12H,4,10-11,13H2,1H3,(H,21,22). The van der Waals surface area contributed by atoms with Gasteiger partial charge in [0.15, 0.2) is 0 Å². The van der Waals surface area contributed by atoms with Gasteiger partial charge in [0.25, 0.3) is 0 Å². The smallest absolute Gasteiger partial charge is 0.138 e. The van der Waals surface area contributed by atoms with E-state index in [4.69, 9.17) is 4.74 Å². The van der Waals surface area contributed by atoms with Crippen LogP contribution in [0.2, 0.25) is 0 Å². The molecule has 0 amide bonds. The zero-order valence-electron chi connectivity index (χ0n) is 14.1. The molecule has 1 aromatic heterocycles. The summed E-state index contributed by atoms with van der Waals surface area (Å²) in [6, 6.07) is 14.9. The number of thiophene rings is 1. The molecule has 0 radical (unpaired) electrons. The van der Waals surface area contributed by atoms with Crippen LogP contribution in [-0.4, -0.2) is 26.0 Å². The van der Waals surface area contributed by atoms with E-state index in [2.05, 4.69) is 58.2 Å². The molecule has 0 fully saturated rings. The van der Waals surface area contributed by atoms with Gasteiger partial charge in [-0.1, -0.05) is 30.3 Å². The topological polar surface area (TPSA) is 33.6 Å². The first-order valence-electron chi connectivity index (χ1n) is 8.40. The molecule has 1 aliphatic heterocycles. The summed E-state index contributed by atoms with van der Waals surface area (Å²) in [5, 5.41) is 8.09. The highest BCUT2D eigenvalue weighted by Crippen LogP contribution is 2.38. The van der Waals surface area contributed by atoms with Crippen LogP contribution in [0.4, 0.5) is 0 Å². The van der Waals surface area contributed by atoms with Crippen molar-refractivity contribution in [3.63, 3.8) is 0 Å². The Kier molecular flexibility index (Phi) is 4.95. The number of fused-ring (bicyclic) bond motifs is 1. The number of amidine groups is 1. The highest BCUT2D eigenvalue weighted by molar-refractivity contribution is 7.98. The summed E-state index contributed by atoms with van der Waals surface area (Å²) in [6.07, 6.45) is 1.12. The fraction of sp³-hybridized carbons (Fsp3) is 0.250. The lowest BCUT2D eigenvalue weighted by atomic mass is 10.1. The lowest BCUT2D eigenvalue weighted by molar-refractivity contribution is 0.406. The van der Waals surface area contributed by atoms with Gasteiger partial charge >= 0.3 is 0 Å². The molecule has 3 nitrogen and oxygen atoms in total. The van der Waals surface area contributed by atoms with Gasteiger partial charge in [-0.3, -0.25) is 4.99 Å². The zero-order chi connectivity index (χ0) is 17.1. The van der Waals surface area contributed by atoms with Gasteiger partial charge in [0, 0.05) is 18.8 Å². The van der Waals surface area contributed by atoms with Crippen LogP contribution in [0.15, 0.2) is 57.7 Å². The molecule has 2 heterocycles. The summed E-state index contributed by atoms with van der Waals surface area (Å²) in [5.41, 5.74) is 1.33. The SMILES string of the molecule is COc1ccc2ccccc2c1SCc1ccsc1C1=NCCCN1. The molecular weight excluding hydrogens is 348 g/mol. The predicted molar refractivity (Wildman–Crippen MR) is 108 cm³/mol. The third kappa shape index (κ3) is 3.39. The summed E-state index contributed by atoms with van der Waals surface area (Å²) in [6.45, 7) is 1.93. The van der Waals surface area contributed by atoms with Crippen molar-refractivity contribution < 1.29 is 4.74 Å². The van der Waals surface area contributed by atoms with Crippen LogP contribution < -0.4 is 10.1 Å². The van der Waals surface area contributed by atoms with Crippen molar-refractivity contribution in [1.29, 1.82) is 0 Å². The van der Waals surface area contributed by atoms with E-state index in [1.165, 1.54) is 26.1 Å². The zero-order valence-corrected chi connectivity index (χ0v) is 15.8. The minimum absolute atomic E-state index is 0.907. The largest absolute Gasteiger partial charge is 0.496 e. The van der Waals surface area contributed by atoms with Crippen LogP contribution in [0.1, 0.15) is 16.9 Å². The third-order valence-electron chi connectivity index (χ3n) is 4.29. The van der Waals surface area contributed by atoms with E-state index >= 15 is 0 Å². The quantitative estimate of drug-likeness (QED) is 0.648. The van der Waals surface area contributed by atoms with Crippen molar-refractivity contribution in [2.24, 2.45) is 4.99 Å². The summed E-state index contributed by atoms with van der Waals surface area (Å²) in [7, 11) is 1.74. The fourth-order valence-corrected chi connectivity index (χ4v) is 5.20. The number of nitrogens with zero attached hydrogens (tertiary/aromatic N) is 1. The molecule has 128 valence electrons. The minimum Gasteiger partial charge on any atom is -0.496 e. The van der Waals surface area contributed by atoms with Crippen LogP contribution in [0, 0.1) is 0 Å². The maximum absolute atomic E-state index is 5.62. The molecule has 5 heteroatoms. The van der Waals surface area contributed by atoms with E-state index in [0.717, 1.165) is 36.8 Å². The second-order valence-corrected chi connectivity index (χ2v) is 7.79. The fourth-order valence-electron chi connectivity index (χ4n) is 3.02. The van der Waals surface area contributed by atoms with Crippen LogP contribution >= 0.6 is 23.1 Å². The van der Waals surface area contributed by atoms with Crippen molar-refractivity contribution in [2.45, 2.75) is 17.1 Å². The van der Waals surface area contributed by atoms with Crippen molar-refractivity contribution in [2.75, 3.05) is 20.2 Å². The molecule has 0 bridgehead atoms. The number of rotatable bonds is 5. The van der Waals surface area contributed by atoms with Gasteiger partial charge < -0.3 is 10.1 Å². The number of thioether (sulfide) groups is 1. The number of aliphatic imine (C=N–C) groups is 1. The highest BCUT2D eigenvalue weighted by Gasteiger charge is 2.15. The van der Waals surface area contributed by atoms with E-state index in [9.17, 15) is 0 Å². The Balaban J connectivity index is 1.63. The second-order valence-electron chi connectivity index (χ2n) is 5.89. The first kappa shape index (κ1) is 16.5. The average Bonchev–Trinajstić information content (AvgIpc) is 3.15. The maximum atomic E-state index is 5.62. The summed E-state index contributed by atoms with van der Waals surface area (Å²) >= 11 is 3.60. The Bertz CT molecular complexity index is 917. The first-order chi connectivity index (χ1) is 12.4. The Morgan fingerprint density at radius 3 is 2.96 bits per heavy atom. The van der Waals surface area contributed by atoms with Gasteiger partial charge in [-0.25, -0.2) is 0 Å². The van der Waals surface area contributed by atoms with Crippen LogP contribution in [0.25, 0.3) is 10.8 Å².